The van der Waals surface area contributed by atoms with Crippen molar-refractivity contribution in [2.75, 3.05) is 0 Å². The quantitative estimate of drug-likeness (QED) is 0.874. The van der Waals surface area contributed by atoms with E-state index in [0.717, 1.165) is 34.7 Å². The van der Waals surface area contributed by atoms with E-state index >= 15 is 0 Å². The minimum atomic E-state index is -0.231. The summed E-state index contributed by atoms with van der Waals surface area (Å²) in [7, 11) is 0. The summed E-state index contributed by atoms with van der Waals surface area (Å²) in [5.41, 5.74) is 2.17. The average molecular weight is 343 g/mol. The van der Waals surface area contributed by atoms with Gasteiger partial charge in [-0.3, -0.25) is 4.68 Å². The second-order valence-electron chi connectivity index (χ2n) is 6.12. The Labute approximate surface area is 130 Å². The van der Waals surface area contributed by atoms with Gasteiger partial charge >= 0.3 is 0 Å². The molecule has 0 amide bonds. The number of aliphatic hydroxyl groups is 1. The molecule has 3 nitrogen and oxygen atoms in total. The number of nitrogens with zero attached hydrogens (tertiary/aromatic N) is 2. The van der Waals surface area contributed by atoms with Gasteiger partial charge in [-0.05, 0) is 54.5 Å². The maximum atomic E-state index is 10.6. The Bertz CT molecular complexity index is 436. The largest absolute Gasteiger partial charge is 0.392 e. The summed E-state index contributed by atoms with van der Waals surface area (Å²) >= 11 is 3.62. The van der Waals surface area contributed by atoms with Crippen molar-refractivity contribution in [3.05, 3.63) is 15.9 Å². The number of hydrogen-bond acceptors (Lipinski definition) is 2. The van der Waals surface area contributed by atoms with Crippen molar-refractivity contribution in [2.24, 2.45) is 11.8 Å². The highest BCUT2D eigenvalue weighted by atomic mass is 79.9. The van der Waals surface area contributed by atoms with Crippen LogP contribution in [0.15, 0.2) is 4.47 Å². The Morgan fingerprint density at radius 2 is 1.95 bits per heavy atom. The lowest BCUT2D eigenvalue weighted by molar-refractivity contribution is 0.0717. The second kappa shape index (κ2) is 7.08. The standard InChI is InChI=1S/C16H27BrN2O/c1-4-12-6-8-13(9-7-12)15(20)10-14-16(17)11(3)18-19(14)5-2/h12-13,15,20H,4-10H2,1-3H3. The van der Waals surface area contributed by atoms with Gasteiger partial charge in [-0.15, -0.1) is 0 Å². The third kappa shape index (κ3) is 3.45. The number of aliphatic hydroxyl groups excluding tert-OH is 1. The van der Waals surface area contributed by atoms with E-state index in [0.29, 0.717) is 5.92 Å². The predicted molar refractivity (Wildman–Crippen MR) is 85.8 cm³/mol. The van der Waals surface area contributed by atoms with Crippen LogP contribution in [0, 0.1) is 18.8 Å². The molecule has 1 aromatic rings. The second-order valence-corrected chi connectivity index (χ2v) is 6.92. The number of rotatable bonds is 5. The van der Waals surface area contributed by atoms with Gasteiger partial charge in [0.05, 0.1) is 22.0 Å². The van der Waals surface area contributed by atoms with E-state index in [4.69, 9.17) is 0 Å². The summed E-state index contributed by atoms with van der Waals surface area (Å²) in [4.78, 5) is 0. The highest BCUT2D eigenvalue weighted by Crippen LogP contribution is 2.34. The average Bonchev–Trinajstić information content (AvgIpc) is 2.75. The summed E-state index contributed by atoms with van der Waals surface area (Å²) in [5.74, 6) is 1.35. The molecule has 1 N–H and O–H groups in total. The van der Waals surface area contributed by atoms with Crippen LogP contribution < -0.4 is 0 Å². The molecule has 0 bridgehead atoms. The third-order valence-electron chi connectivity index (χ3n) is 4.87. The molecule has 114 valence electrons. The van der Waals surface area contributed by atoms with Crippen molar-refractivity contribution in [1.82, 2.24) is 9.78 Å². The van der Waals surface area contributed by atoms with Gasteiger partial charge in [-0.2, -0.15) is 5.10 Å². The zero-order valence-corrected chi connectivity index (χ0v) is 14.5. The summed E-state index contributed by atoms with van der Waals surface area (Å²) in [6, 6.07) is 0. The lowest BCUT2D eigenvalue weighted by atomic mass is 9.77. The van der Waals surface area contributed by atoms with Crippen LogP contribution in [-0.4, -0.2) is 21.0 Å². The highest BCUT2D eigenvalue weighted by Gasteiger charge is 2.27. The maximum Gasteiger partial charge on any atom is 0.0738 e. The zero-order chi connectivity index (χ0) is 14.7. The van der Waals surface area contributed by atoms with Crippen LogP contribution in [-0.2, 0) is 13.0 Å². The number of halogens is 1. The van der Waals surface area contributed by atoms with E-state index in [9.17, 15) is 5.11 Å². The Morgan fingerprint density at radius 1 is 1.30 bits per heavy atom. The Hall–Kier alpha value is -0.350. The molecule has 1 heterocycles. The molecule has 0 saturated heterocycles. The first-order valence-electron chi connectivity index (χ1n) is 7.96. The fourth-order valence-corrected chi connectivity index (χ4v) is 3.86. The van der Waals surface area contributed by atoms with E-state index in [1.165, 1.54) is 32.1 Å². The van der Waals surface area contributed by atoms with Crippen molar-refractivity contribution in [3.63, 3.8) is 0 Å². The van der Waals surface area contributed by atoms with Crippen molar-refractivity contribution >= 4 is 15.9 Å². The van der Waals surface area contributed by atoms with Crippen LogP contribution >= 0.6 is 15.9 Å². The molecule has 0 aliphatic heterocycles. The molecule has 0 radical (unpaired) electrons. The van der Waals surface area contributed by atoms with Crippen molar-refractivity contribution < 1.29 is 5.11 Å². The van der Waals surface area contributed by atoms with Crippen LogP contribution in [0.5, 0.6) is 0 Å². The monoisotopic (exact) mass is 342 g/mol. The molecule has 2 rings (SSSR count). The van der Waals surface area contributed by atoms with Crippen molar-refractivity contribution in [1.29, 1.82) is 0 Å². The molecule has 1 saturated carbocycles. The number of aromatic nitrogens is 2. The minimum Gasteiger partial charge on any atom is -0.392 e. The topological polar surface area (TPSA) is 38.1 Å². The van der Waals surface area contributed by atoms with Gasteiger partial charge in [0.1, 0.15) is 0 Å². The molecule has 1 aliphatic carbocycles. The molecular formula is C16H27BrN2O. The molecular weight excluding hydrogens is 316 g/mol. The molecule has 0 aromatic carbocycles. The van der Waals surface area contributed by atoms with E-state index in [1.54, 1.807) is 0 Å². The van der Waals surface area contributed by atoms with Gasteiger partial charge in [-0.1, -0.05) is 26.2 Å². The molecule has 1 unspecified atom stereocenters. The summed E-state index contributed by atoms with van der Waals surface area (Å²) in [6.07, 6.45) is 6.70. The number of hydrogen-bond donors (Lipinski definition) is 1. The molecule has 4 heteroatoms. The summed E-state index contributed by atoms with van der Waals surface area (Å²) < 4.78 is 3.08. The van der Waals surface area contributed by atoms with E-state index < -0.39 is 0 Å². The van der Waals surface area contributed by atoms with Crippen LogP contribution in [0.4, 0.5) is 0 Å². The fourth-order valence-electron chi connectivity index (χ4n) is 3.41. The van der Waals surface area contributed by atoms with E-state index in [1.807, 2.05) is 11.6 Å². The van der Waals surface area contributed by atoms with Gasteiger partial charge in [-0.25, -0.2) is 0 Å². The SMILES string of the molecule is CCC1CCC(C(O)Cc2c(Br)c(C)nn2CC)CC1. The molecule has 1 aromatic heterocycles. The minimum absolute atomic E-state index is 0.231. The highest BCUT2D eigenvalue weighted by molar-refractivity contribution is 9.10. The lowest BCUT2D eigenvalue weighted by Gasteiger charge is -2.31. The van der Waals surface area contributed by atoms with Crippen LogP contribution in [0.3, 0.4) is 0 Å². The van der Waals surface area contributed by atoms with Gasteiger partial charge in [0.15, 0.2) is 0 Å². The molecule has 1 aliphatic rings. The first kappa shape index (κ1) is 16.0. The van der Waals surface area contributed by atoms with Gasteiger partial charge in [0, 0.05) is 13.0 Å². The Kier molecular flexibility index (Phi) is 5.67. The first-order valence-corrected chi connectivity index (χ1v) is 8.75. The smallest absolute Gasteiger partial charge is 0.0738 e. The molecule has 0 spiro atoms. The van der Waals surface area contributed by atoms with Crippen LogP contribution in [0.2, 0.25) is 0 Å². The fraction of sp³-hybridized carbons (Fsp3) is 0.812. The van der Waals surface area contributed by atoms with Gasteiger partial charge in [0.25, 0.3) is 0 Å². The lowest BCUT2D eigenvalue weighted by Crippen LogP contribution is -2.28. The summed E-state index contributed by atoms with van der Waals surface area (Å²) in [6.45, 7) is 7.25. The maximum absolute atomic E-state index is 10.6. The van der Waals surface area contributed by atoms with Crippen molar-refractivity contribution in [2.45, 2.75) is 71.9 Å². The predicted octanol–water partition coefficient (Wildman–Crippen LogP) is 4.09. The molecule has 1 atom stereocenters. The number of aryl methyl sites for hydroxylation is 2. The Balaban J connectivity index is 2.00. The van der Waals surface area contributed by atoms with Crippen LogP contribution in [0.1, 0.15) is 57.3 Å². The normalized spacial score (nSPS) is 24.9. The first-order chi connectivity index (χ1) is 9.56. The van der Waals surface area contributed by atoms with Gasteiger partial charge < -0.3 is 5.11 Å². The Morgan fingerprint density at radius 3 is 2.50 bits per heavy atom. The van der Waals surface area contributed by atoms with E-state index in [-0.39, 0.29) is 6.10 Å². The van der Waals surface area contributed by atoms with E-state index in [2.05, 4.69) is 34.9 Å². The van der Waals surface area contributed by atoms with Crippen LogP contribution in [0.25, 0.3) is 0 Å². The zero-order valence-electron chi connectivity index (χ0n) is 12.9. The third-order valence-corrected chi connectivity index (χ3v) is 5.90. The molecule has 1 fully saturated rings. The van der Waals surface area contributed by atoms with Crippen molar-refractivity contribution in [3.8, 4) is 0 Å². The molecule has 20 heavy (non-hydrogen) atoms. The summed E-state index contributed by atoms with van der Waals surface area (Å²) in [5, 5.41) is 15.1. The van der Waals surface area contributed by atoms with Gasteiger partial charge in [0.2, 0.25) is 0 Å².